The number of rotatable bonds is 2. The number of nitrogens with zero attached hydrogens (tertiary/aromatic N) is 1. The summed E-state index contributed by atoms with van der Waals surface area (Å²) in [5.74, 6) is -2.12. The minimum atomic E-state index is -2.54. The maximum Gasteiger partial charge on any atom is 0.248 e. The molecule has 0 bridgehead atoms. The fourth-order valence-electron chi connectivity index (χ4n) is 3.28. The van der Waals surface area contributed by atoms with Crippen molar-refractivity contribution in [1.82, 2.24) is 4.90 Å². The summed E-state index contributed by atoms with van der Waals surface area (Å²) in [6, 6.07) is 0.319. The van der Waals surface area contributed by atoms with Gasteiger partial charge in [-0.15, -0.1) is 0 Å². The van der Waals surface area contributed by atoms with E-state index >= 15 is 0 Å². The van der Waals surface area contributed by atoms with E-state index in [1.165, 1.54) is 0 Å². The van der Waals surface area contributed by atoms with E-state index in [0.29, 0.717) is 24.8 Å². The lowest BCUT2D eigenvalue weighted by molar-refractivity contribution is -0.141. The number of carbonyl (C=O) groups is 1. The molecule has 2 rings (SSSR count). The molecule has 4 heteroatoms. The Morgan fingerprint density at radius 3 is 2.39 bits per heavy atom. The fraction of sp³-hybridized carbons (Fsp3) is 0.929. The Hall–Kier alpha value is -0.670. The largest absolute Gasteiger partial charge is 0.339 e. The number of likely N-dealkylation sites (tertiary alicyclic amines) is 1. The first-order valence-corrected chi connectivity index (χ1v) is 7.09. The molecular formula is C14H23F2NO. The monoisotopic (exact) mass is 259 g/mol. The average Bonchev–Trinajstić information content (AvgIpc) is 2.77. The van der Waals surface area contributed by atoms with E-state index in [9.17, 15) is 13.6 Å². The van der Waals surface area contributed by atoms with Crippen molar-refractivity contribution in [1.29, 1.82) is 0 Å². The molecule has 0 radical (unpaired) electrons. The number of hydrogen-bond donors (Lipinski definition) is 0. The molecule has 0 N–H and O–H groups in total. The maximum atomic E-state index is 13.1. The Bertz CT molecular complexity index is 307. The van der Waals surface area contributed by atoms with Crippen molar-refractivity contribution in [2.45, 2.75) is 64.3 Å². The van der Waals surface area contributed by atoms with Crippen LogP contribution >= 0.6 is 0 Å². The van der Waals surface area contributed by atoms with Crippen LogP contribution in [0.2, 0.25) is 0 Å². The summed E-state index contributed by atoms with van der Waals surface area (Å²) in [6.07, 6.45) is 2.58. The lowest BCUT2D eigenvalue weighted by atomic mass is 9.85. The highest BCUT2D eigenvalue weighted by molar-refractivity contribution is 5.79. The van der Waals surface area contributed by atoms with Gasteiger partial charge in [-0.25, -0.2) is 8.78 Å². The van der Waals surface area contributed by atoms with Gasteiger partial charge in [-0.05, 0) is 31.6 Å². The minimum Gasteiger partial charge on any atom is -0.339 e. The molecule has 2 fully saturated rings. The van der Waals surface area contributed by atoms with Crippen LogP contribution in [-0.2, 0) is 4.79 Å². The minimum absolute atomic E-state index is 0.121. The number of amides is 1. The van der Waals surface area contributed by atoms with E-state index in [-0.39, 0.29) is 24.7 Å². The molecule has 1 saturated carbocycles. The highest BCUT2D eigenvalue weighted by Gasteiger charge is 2.41. The smallest absolute Gasteiger partial charge is 0.248 e. The van der Waals surface area contributed by atoms with Gasteiger partial charge in [0.1, 0.15) is 0 Å². The third kappa shape index (κ3) is 2.83. The van der Waals surface area contributed by atoms with Gasteiger partial charge in [0, 0.05) is 31.3 Å². The van der Waals surface area contributed by atoms with Crippen LogP contribution in [0.4, 0.5) is 8.78 Å². The van der Waals surface area contributed by atoms with Gasteiger partial charge in [0.25, 0.3) is 0 Å². The van der Waals surface area contributed by atoms with Crippen LogP contribution in [0.1, 0.15) is 52.4 Å². The average molecular weight is 259 g/mol. The molecular weight excluding hydrogens is 236 g/mol. The summed E-state index contributed by atoms with van der Waals surface area (Å²) in [5, 5.41) is 0. The molecule has 1 amide bonds. The van der Waals surface area contributed by atoms with Crippen molar-refractivity contribution in [2.75, 3.05) is 6.54 Å². The topological polar surface area (TPSA) is 20.3 Å². The van der Waals surface area contributed by atoms with Crippen LogP contribution in [0.3, 0.4) is 0 Å². The fourth-order valence-corrected chi connectivity index (χ4v) is 3.28. The van der Waals surface area contributed by atoms with Gasteiger partial charge < -0.3 is 4.90 Å². The molecule has 0 spiro atoms. The quantitative estimate of drug-likeness (QED) is 0.743. The highest BCUT2D eigenvalue weighted by atomic mass is 19.3. The maximum absolute atomic E-state index is 13.1. The molecule has 104 valence electrons. The first-order valence-electron chi connectivity index (χ1n) is 7.09. The van der Waals surface area contributed by atoms with Crippen LogP contribution in [0, 0.1) is 11.8 Å². The molecule has 18 heavy (non-hydrogen) atoms. The van der Waals surface area contributed by atoms with Crippen molar-refractivity contribution in [3.05, 3.63) is 0 Å². The molecule has 2 aliphatic rings. The van der Waals surface area contributed by atoms with Crippen LogP contribution in [-0.4, -0.2) is 29.3 Å². The lowest BCUT2D eigenvalue weighted by Crippen LogP contribution is -2.43. The van der Waals surface area contributed by atoms with Crippen molar-refractivity contribution in [2.24, 2.45) is 11.8 Å². The first-order chi connectivity index (χ1) is 8.41. The Morgan fingerprint density at radius 1 is 1.22 bits per heavy atom. The van der Waals surface area contributed by atoms with Gasteiger partial charge in [-0.3, -0.25) is 4.79 Å². The summed E-state index contributed by atoms with van der Waals surface area (Å²) >= 11 is 0. The zero-order valence-electron chi connectivity index (χ0n) is 11.3. The van der Waals surface area contributed by atoms with Gasteiger partial charge in [0.2, 0.25) is 11.8 Å². The summed E-state index contributed by atoms with van der Waals surface area (Å²) in [7, 11) is 0. The second-order valence-electron chi connectivity index (χ2n) is 6.12. The third-order valence-electron chi connectivity index (χ3n) is 4.42. The zero-order chi connectivity index (χ0) is 13.3. The van der Waals surface area contributed by atoms with E-state index in [1.807, 2.05) is 4.90 Å². The predicted octanol–water partition coefficient (Wildman–Crippen LogP) is 3.46. The number of carbonyl (C=O) groups excluding carboxylic acids is 1. The van der Waals surface area contributed by atoms with Crippen LogP contribution < -0.4 is 0 Å². The van der Waals surface area contributed by atoms with E-state index in [4.69, 9.17) is 0 Å². The Kier molecular flexibility index (Phi) is 3.93. The second-order valence-corrected chi connectivity index (χ2v) is 6.12. The van der Waals surface area contributed by atoms with Crippen molar-refractivity contribution in [3.63, 3.8) is 0 Å². The number of alkyl halides is 2. The molecule has 1 aliphatic carbocycles. The normalized spacial score (nSPS) is 28.9. The van der Waals surface area contributed by atoms with E-state index in [2.05, 4.69) is 13.8 Å². The standard InChI is InChI=1S/C14H23F2NO/c1-10(2)12-4-3-9-17(12)13(18)11-5-7-14(15,16)8-6-11/h10-12H,3-9H2,1-2H3. The number of halogens is 2. The van der Waals surface area contributed by atoms with Gasteiger partial charge in [0.05, 0.1) is 0 Å². The van der Waals surface area contributed by atoms with Crippen LogP contribution in [0.5, 0.6) is 0 Å². The van der Waals surface area contributed by atoms with Crippen molar-refractivity contribution < 1.29 is 13.6 Å². The SMILES string of the molecule is CC(C)C1CCCN1C(=O)C1CCC(F)(F)CC1. The third-order valence-corrected chi connectivity index (χ3v) is 4.42. The molecule has 0 aromatic carbocycles. The lowest BCUT2D eigenvalue weighted by Gasteiger charge is -2.34. The van der Waals surface area contributed by atoms with E-state index in [0.717, 1.165) is 19.4 Å². The Labute approximate surface area is 108 Å². The Morgan fingerprint density at radius 2 is 1.83 bits per heavy atom. The van der Waals surface area contributed by atoms with Gasteiger partial charge >= 0.3 is 0 Å². The summed E-state index contributed by atoms with van der Waals surface area (Å²) < 4.78 is 26.2. The second kappa shape index (κ2) is 5.14. The molecule has 1 aliphatic heterocycles. The highest BCUT2D eigenvalue weighted by Crippen LogP contribution is 2.38. The molecule has 2 nitrogen and oxygen atoms in total. The zero-order valence-corrected chi connectivity index (χ0v) is 11.3. The summed E-state index contributed by atoms with van der Waals surface area (Å²) in [5.41, 5.74) is 0. The van der Waals surface area contributed by atoms with Gasteiger partial charge in [-0.1, -0.05) is 13.8 Å². The summed E-state index contributed by atoms with van der Waals surface area (Å²) in [6.45, 7) is 5.07. The van der Waals surface area contributed by atoms with Crippen molar-refractivity contribution in [3.8, 4) is 0 Å². The van der Waals surface area contributed by atoms with E-state index in [1.54, 1.807) is 0 Å². The molecule has 0 aromatic rings. The van der Waals surface area contributed by atoms with Crippen LogP contribution in [0.25, 0.3) is 0 Å². The first kappa shape index (κ1) is 13.8. The molecule has 1 saturated heterocycles. The van der Waals surface area contributed by atoms with Crippen molar-refractivity contribution >= 4 is 5.91 Å². The Balaban J connectivity index is 1.95. The molecule has 1 unspecified atom stereocenters. The molecule has 1 atom stereocenters. The molecule has 1 heterocycles. The summed E-state index contributed by atoms with van der Waals surface area (Å²) in [4.78, 5) is 14.4. The van der Waals surface area contributed by atoms with E-state index < -0.39 is 5.92 Å². The predicted molar refractivity (Wildman–Crippen MR) is 66.5 cm³/mol. The van der Waals surface area contributed by atoms with Crippen LogP contribution in [0.15, 0.2) is 0 Å². The molecule has 0 aromatic heterocycles. The van der Waals surface area contributed by atoms with Gasteiger partial charge in [0.15, 0.2) is 0 Å². The number of hydrogen-bond acceptors (Lipinski definition) is 1. The van der Waals surface area contributed by atoms with Gasteiger partial charge in [-0.2, -0.15) is 0 Å².